The average molecular weight is 428 g/mol. The van der Waals surface area contributed by atoms with E-state index in [0.29, 0.717) is 0 Å². The van der Waals surface area contributed by atoms with E-state index in [0.717, 1.165) is 24.3 Å². The molecule has 0 saturated heterocycles. The third kappa shape index (κ3) is 5.31. The van der Waals surface area contributed by atoms with Crippen molar-refractivity contribution in [2.24, 2.45) is 0 Å². The third-order valence-corrected chi connectivity index (χ3v) is 5.05. The van der Waals surface area contributed by atoms with Crippen LogP contribution < -0.4 is 5.32 Å². The number of ether oxygens (including phenoxy) is 1. The Balaban J connectivity index is 2.00. The third-order valence-electron chi connectivity index (χ3n) is 3.65. The van der Waals surface area contributed by atoms with Crippen LogP contribution in [0, 0.1) is 10.1 Å². The average Bonchev–Trinajstić information content (AvgIpc) is 2.68. The van der Waals surface area contributed by atoms with Gasteiger partial charge in [-0.05, 0) is 43.3 Å². The number of amides is 1. The number of anilines is 1. The first-order valence-electron chi connectivity index (χ1n) is 7.91. The van der Waals surface area contributed by atoms with Crippen LogP contribution in [0.3, 0.4) is 0 Å². The molecule has 1 amide bonds. The molecule has 2 rings (SSSR count). The van der Waals surface area contributed by atoms with Gasteiger partial charge in [0.05, 0.1) is 15.4 Å². The zero-order valence-electron chi connectivity index (χ0n) is 14.7. The number of alkyl halides is 2. The second-order valence-corrected chi connectivity index (χ2v) is 7.59. The lowest BCUT2D eigenvalue weighted by Crippen LogP contribution is -2.30. The molecule has 0 aliphatic carbocycles. The van der Waals surface area contributed by atoms with Crippen LogP contribution in [0.25, 0.3) is 0 Å². The van der Waals surface area contributed by atoms with E-state index in [2.05, 4.69) is 5.32 Å². The lowest BCUT2D eigenvalue weighted by atomic mass is 10.2. The Hall–Kier alpha value is -3.41. The number of carbonyl (C=O) groups is 2. The van der Waals surface area contributed by atoms with E-state index < -0.39 is 43.4 Å². The van der Waals surface area contributed by atoms with Crippen molar-refractivity contribution in [3.8, 4) is 0 Å². The smallest absolute Gasteiger partial charge is 0.341 e. The molecule has 0 aliphatic heterocycles. The highest BCUT2D eigenvalue weighted by Crippen LogP contribution is 2.19. The summed E-state index contributed by atoms with van der Waals surface area (Å²) in [4.78, 5) is 33.5. The minimum absolute atomic E-state index is 0.145. The Morgan fingerprint density at radius 3 is 2.10 bits per heavy atom. The summed E-state index contributed by atoms with van der Waals surface area (Å²) in [7, 11) is -4.79. The fourth-order valence-electron chi connectivity index (χ4n) is 2.08. The molecular weight excluding hydrogens is 414 g/mol. The maximum absolute atomic E-state index is 12.5. The molecule has 0 aliphatic rings. The molecule has 9 nitrogen and oxygen atoms in total. The molecule has 0 aromatic heterocycles. The first kappa shape index (κ1) is 21.9. The molecule has 12 heteroatoms. The van der Waals surface area contributed by atoms with Crippen LogP contribution in [0.2, 0.25) is 0 Å². The SMILES string of the molecule is CC(OC(=O)c1ccc(S(=O)(=O)C(F)F)cc1)C(=O)Nc1ccc([N+](=O)[O-])cc1. The van der Waals surface area contributed by atoms with Gasteiger partial charge in [0.2, 0.25) is 9.84 Å². The van der Waals surface area contributed by atoms with Gasteiger partial charge in [0.1, 0.15) is 0 Å². The van der Waals surface area contributed by atoms with Crippen LogP contribution in [-0.2, 0) is 19.4 Å². The van der Waals surface area contributed by atoms with Crippen LogP contribution in [0.1, 0.15) is 17.3 Å². The molecule has 1 N–H and O–H groups in total. The number of hydrogen-bond acceptors (Lipinski definition) is 7. The van der Waals surface area contributed by atoms with Gasteiger partial charge in [0, 0.05) is 17.8 Å². The summed E-state index contributed by atoms with van der Waals surface area (Å²) in [6.07, 6.45) is -1.26. The number of non-ortho nitro benzene ring substituents is 1. The summed E-state index contributed by atoms with van der Waals surface area (Å²) >= 11 is 0. The molecule has 2 aromatic carbocycles. The Labute approximate surface area is 163 Å². The Kier molecular flexibility index (Phi) is 6.59. The normalized spacial score (nSPS) is 12.3. The Morgan fingerprint density at radius 2 is 1.62 bits per heavy atom. The van der Waals surface area contributed by atoms with E-state index in [9.17, 15) is 36.9 Å². The van der Waals surface area contributed by atoms with Crippen LogP contribution in [-0.4, -0.2) is 37.1 Å². The highest BCUT2D eigenvalue weighted by atomic mass is 32.2. The van der Waals surface area contributed by atoms with E-state index in [-0.39, 0.29) is 16.9 Å². The van der Waals surface area contributed by atoms with Crippen molar-refractivity contribution in [3.63, 3.8) is 0 Å². The number of nitrogens with zero attached hydrogens (tertiary/aromatic N) is 1. The second-order valence-electron chi connectivity index (χ2n) is 5.67. The zero-order chi connectivity index (χ0) is 21.8. The van der Waals surface area contributed by atoms with E-state index in [1.165, 1.54) is 31.2 Å². The molecule has 29 heavy (non-hydrogen) atoms. The summed E-state index contributed by atoms with van der Waals surface area (Å²) in [6, 6.07) is 8.60. The maximum atomic E-state index is 12.5. The molecule has 0 bridgehead atoms. The summed E-state index contributed by atoms with van der Waals surface area (Å²) < 4.78 is 52.7. The molecule has 2 aromatic rings. The van der Waals surface area contributed by atoms with Crippen LogP contribution >= 0.6 is 0 Å². The molecule has 0 heterocycles. The van der Waals surface area contributed by atoms with Gasteiger partial charge in [-0.3, -0.25) is 14.9 Å². The lowest BCUT2D eigenvalue weighted by molar-refractivity contribution is -0.384. The van der Waals surface area contributed by atoms with Crippen molar-refractivity contribution < 1.29 is 36.4 Å². The molecule has 0 radical (unpaired) electrons. The number of rotatable bonds is 7. The van der Waals surface area contributed by atoms with Crippen molar-refractivity contribution in [3.05, 3.63) is 64.2 Å². The van der Waals surface area contributed by atoms with Gasteiger partial charge in [-0.15, -0.1) is 0 Å². The topological polar surface area (TPSA) is 133 Å². The van der Waals surface area contributed by atoms with Gasteiger partial charge >= 0.3 is 11.7 Å². The number of nitro groups is 1. The first-order chi connectivity index (χ1) is 13.5. The highest BCUT2D eigenvalue weighted by Gasteiger charge is 2.27. The predicted octanol–water partition coefficient (Wildman–Crippen LogP) is 2.78. The predicted molar refractivity (Wildman–Crippen MR) is 96.2 cm³/mol. The van der Waals surface area contributed by atoms with E-state index in [4.69, 9.17) is 4.74 Å². The number of carbonyl (C=O) groups excluding carboxylic acids is 2. The highest BCUT2D eigenvalue weighted by molar-refractivity contribution is 7.91. The molecule has 1 unspecified atom stereocenters. The van der Waals surface area contributed by atoms with Gasteiger partial charge < -0.3 is 10.1 Å². The zero-order valence-corrected chi connectivity index (χ0v) is 15.6. The number of sulfone groups is 1. The summed E-state index contributed by atoms with van der Waals surface area (Å²) in [5, 5.41) is 13.0. The van der Waals surface area contributed by atoms with Crippen LogP contribution in [0.5, 0.6) is 0 Å². The largest absolute Gasteiger partial charge is 0.449 e. The van der Waals surface area contributed by atoms with Crippen LogP contribution in [0.15, 0.2) is 53.4 Å². The number of hydrogen-bond donors (Lipinski definition) is 1. The van der Waals surface area contributed by atoms with Gasteiger partial charge in [-0.1, -0.05) is 0 Å². The molecule has 0 saturated carbocycles. The molecule has 154 valence electrons. The monoisotopic (exact) mass is 428 g/mol. The van der Waals surface area contributed by atoms with Crippen molar-refractivity contribution in [2.45, 2.75) is 23.7 Å². The quantitative estimate of drug-likeness (QED) is 0.407. The van der Waals surface area contributed by atoms with E-state index in [1.807, 2.05) is 0 Å². The Bertz CT molecular complexity index is 1020. The lowest BCUT2D eigenvalue weighted by Gasteiger charge is -2.13. The number of nitrogens with one attached hydrogen (secondary N) is 1. The molecule has 0 spiro atoms. The number of nitro benzene ring substituents is 1. The first-order valence-corrected chi connectivity index (χ1v) is 9.45. The molecule has 0 fully saturated rings. The van der Waals surface area contributed by atoms with E-state index in [1.54, 1.807) is 0 Å². The molecule has 1 atom stereocenters. The van der Waals surface area contributed by atoms with Crippen LogP contribution in [0.4, 0.5) is 20.2 Å². The standard InChI is InChI=1S/C17H14F2N2O7S/c1-10(15(22)20-12-4-6-13(7-5-12)21(24)25)28-16(23)11-2-8-14(9-3-11)29(26,27)17(18)19/h2-10,17H,1H3,(H,20,22). The van der Waals surface area contributed by atoms with Crippen molar-refractivity contribution >= 4 is 33.1 Å². The Morgan fingerprint density at radius 1 is 1.07 bits per heavy atom. The number of halogens is 2. The van der Waals surface area contributed by atoms with Crippen molar-refractivity contribution in [1.82, 2.24) is 0 Å². The fraction of sp³-hybridized carbons (Fsp3) is 0.176. The maximum Gasteiger partial charge on any atom is 0.341 e. The van der Waals surface area contributed by atoms with Gasteiger partial charge in [-0.2, -0.15) is 8.78 Å². The minimum Gasteiger partial charge on any atom is -0.449 e. The minimum atomic E-state index is -4.79. The van der Waals surface area contributed by atoms with Gasteiger partial charge in [0.15, 0.2) is 6.10 Å². The van der Waals surface area contributed by atoms with E-state index >= 15 is 0 Å². The number of benzene rings is 2. The van der Waals surface area contributed by atoms with Crippen molar-refractivity contribution in [2.75, 3.05) is 5.32 Å². The second kappa shape index (κ2) is 8.73. The summed E-state index contributed by atoms with van der Waals surface area (Å²) in [5.41, 5.74) is -0.0713. The summed E-state index contributed by atoms with van der Waals surface area (Å²) in [5.74, 6) is -5.29. The van der Waals surface area contributed by atoms with Crippen molar-refractivity contribution in [1.29, 1.82) is 0 Å². The van der Waals surface area contributed by atoms with Gasteiger partial charge in [0.25, 0.3) is 11.6 Å². The molecular formula is C17H14F2N2O7S. The number of esters is 1. The fourth-order valence-corrected chi connectivity index (χ4v) is 2.80. The van der Waals surface area contributed by atoms with Gasteiger partial charge in [-0.25, -0.2) is 13.2 Å². The summed E-state index contributed by atoms with van der Waals surface area (Å²) in [6.45, 7) is 1.27.